The lowest BCUT2D eigenvalue weighted by Crippen LogP contribution is -2.38. The third-order valence-electron chi connectivity index (χ3n) is 3.92. The van der Waals surface area contributed by atoms with Crippen LogP contribution in [-0.4, -0.2) is 48.2 Å². The first-order valence-electron chi connectivity index (χ1n) is 7.68. The largest absolute Gasteiger partial charge is 0.320 e. The monoisotopic (exact) mass is 384 g/mol. The highest BCUT2D eigenvalue weighted by molar-refractivity contribution is 7.88. The third kappa shape index (κ3) is 4.39. The summed E-state index contributed by atoms with van der Waals surface area (Å²) in [6.45, 7) is 0.847. The first kappa shape index (κ1) is 17.9. The molecule has 3 rings (SSSR count). The maximum Gasteiger partial charge on any atom is 0.286 e. The van der Waals surface area contributed by atoms with Gasteiger partial charge in [0.15, 0.2) is 0 Å². The second kappa shape index (κ2) is 7.14. The Hall–Kier alpha value is -1.91. The molecule has 1 aliphatic heterocycles. The van der Waals surface area contributed by atoms with Crippen LogP contribution in [-0.2, 0) is 10.0 Å². The molecular weight excluding hydrogens is 367 g/mol. The van der Waals surface area contributed by atoms with Crippen LogP contribution in [0.2, 0.25) is 0 Å². The predicted octanol–water partition coefficient (Wildman–Crippen LogP) is 2.07. The van der Waals surface area contributed by atoms with Crippen molar-refractivity contribution < 1.29 is 17.6 Å². The van der Waals surface area contributed by atoms with E-state index in [4.69, 9.17) is 0 Å². The second-order valence-corrected chi connectivity index (χ2v) is 8.86. The Morgan fingerprint density at radius 3 is 2.92 bits per heavy atom. The average Bonchev–Trinajstić information content (AvgIpc) is 3.04. The summed E-state index contributed by atoms with van der Waals surface area (Å²) in [5, 5.41) is 11.3. The van der Waals surface area contributed by atoms with Gasteiger partial charge in [-0.2, -0.15) is 0 Å². The van der Waals surface area contributed by atoms with Crippen LogP contribution in [0.4, 0.5) is 10.1 Å². The zero-order valence-electron chi connectivity index (χ0n) is 13.5. The normalized spacial score (nSPS) is 18.9. The minimum absolute atomic E-state index is 0.0725. The number of sulfonamides is 1. The topological polar surface area (TPSA) is 92.3 Å². The lowest BCUT2D eigenvalue weighted by atomic mass is 10.0. The Morgan fingerprint density at radius 2 is 2.20 bits per heavy atom. The van der Waals surface area contributed by atoms with Crippen molar-refractivity contribution in [1.29, 1.82) is 0 Å². The van der Waals surface area contributed by atoms with Gasteiger partial charge in [-0.25, -0.2) is 17.1 Å². The quantitative estimate of drug-likeness (QED) is 0.871. The summed E-state index contributed by atoms with van der Waals surface area (Å²) in [5.41, 5.74) is 0.336. The molecule has 0 saturated carbocycles. The van der Waals surface area contributed by atoms with E-state index in [9.17, 15) is 17.6 Å². The maximum atomic E-state index is 13.2. The highest BCUT2D eigenvalue weighted by Crippen LogP contribution is 2.30. The maximum absolute atomic E-state index is 13.2. The molecule has 0 bridgehead atoms. The van der Waals surface area contributed by atoms with Crippen LogP contribution in [0.25, 0.3) is 0 Å². The van der Waals surface area contributed by atoms with E-state index in [2.05, 4.69) is 15.5 Å². The predicted molar refractivity (Wildman–Crippen MR) is 92.7 cm³/mol. The zero-order chi connectivity index (χ0) is 18.0. The number of nitrogens with one attached hydrogen (secondary N) is 1. The molecule has 7 nitrogen and oxygen atoms in total. The number of carbonyl (C=O) groups excluding carboxylic acids is 1. The molecule has 134 valence electrons. The summed E-state index contributed by atoms with van der Waals surface area (Å²) in [5.74, 6) is -0.986. The van der Waals surface area contributed by atoms with Gasteiger partial charge < -0.3 is 5.32 Å². The highest BCUT2D eigenvalue weighted by atomic mass is 32.2. The van der Waals surface area contributed by atoms with E-state index >= 15 is 0 Å². The lowest BCUT2D eigenvalue weighted by Gasteiger charge is -2.29. The minimum atomic E-state index is -3.25. The fourth-order valence-corrected chi connectivity index (χ4v) is 4.46. The van der Waals surface area contributed by atoms with Gasteiger partial charge in [0.05, 0.1) is 6.26 Å². The van der Waals surface area contributed by atoms with Crippen molar-refractivity contribution in [2.75, 3.05) is 24.7 Å². The molecule has 1 N–H and O–H groups in total. The van der Waals surface area contributed by atoms with Gasteiger partial charge in [0.2, 0.25) is 15.0 Å². The zero-order valence-corrected chi connectivity index (χ0v) is 15.1. The van der Waals surface area contributed by atoms with E-state index in [-0.39, 0.29) is 10.9 Å². The van der Waals surface area contributed by atoms with Crippen LogP contribution in [0.15, 0.2) is 24.3 Å². The fraction of sp³-hybridized carbons (Fsp3) is 0.400. The number of aromatic nitrogens is 2. The van der Waals surface area contributed by atoms with E-state index < -0.39 is 21.7 Å². The molecule has 2 aromatic rings. The summed E-state index contributed by atoms with van der Waals surface area (Å²) in [7, 11) is -3.25. The molecule has 1 fully saturated rings. The van der Waals surface area contributed by atoms with Crippen molar-refractivity contribution in [3.05, 3.63) is 40.1 Å². The Kier molecular flexibility index (Phi) is 5.11. The molecule has 1 aromatic heterocycles. The van der Waals surface area contributed by atoms with E-state index in [0.29, 0.717) is 23.8 Å². The van der Waals surface area contributed by atoms with Crippen molar-refractivity contribution in [3.8, 4) is 0 Å². The van der Waals surface area contributed by atoms with Gasteiger partial charge in [0, 0.05) is 24.7 Å². The standard InChI is InChI=1S/C15H17FN4O3S2/c1-25(22,23)20-7-3-4-10(9-20)14-18-19-15(24-14)13(21)17-12-6-2-5-11(16)8-12/h2,5-6,8,10H,3-4,7,9H2,1H3,(H,17,21)/t10-/m1/s1. The van der Waals surface area contributed by atoms with Crippen molar-refractivity contribution in [1.82, 2.24) is 14.5 Å². The Balaban J connectivity index is 1.70. The number of piperidine rings is 1. The summed E-state index contributed by atoms with van der Waals surface area (Å²) < 4.78 is 38.0. The first-order chi connectivity index (χ1) is 11.8. The molecule has 0 aliphatic carbocycles. The number of halogens is 1. The van der Waals surface area contributed by atoms with Crippen molar-refractivity contribution in [3.63, 3.8) is 0 Å². The van der Waals surface area contributed by atoms with Gasteiger partial charge in [-0.1, -0.05) is 17.4 Å². The van der Waals surface area contributed by atoms with Crippen LogP contribution in [0.1, 0.15) is 33.6 Å². The molecule has 1 aromatic carbocycles. The summed E-state index contributed by atoms with van der Waals surface area (Å²) in [6.07, 6.45) is 2.72. The molecule has 2 heterocycles. The number of nitrogens with zero attached hydrogens (tertiary/aromatic N) is 3. The molecule has 1 saturated heterocycles. The Labute approximate surface area is 148 Å². The lowest BCUT2D eigenvalue weighted by molar-refractivity contribution is 0.102. The molecular formula is C15H17FN4O3S2. The average molecular weight is 384 g/mol. The van der Waals surface area contributed by atoms with E-state index in [1.807, 2.05) is 0 Å². The Bertz CT molecular complexity index is 884. The highest BCUT2D eigenvalue weighted by Gasteiger charge is 2.29. The van der Waals surface area contributed by atoms with Gasteiger partial charge in [-0.05, 0) is 31.0 Å². The second-order valence-electron chi connectivity index (χ2n) is 5.87. The number of carbonyl (C=O) groups is 1. The molecule has 1 atom stereocenters. The van der Waals surface area contributed by atoms with Crippen LogP contribution >= 0.6 is 11.3 Å². The van der Waals surface area contributed by atoms with Crippen molar-refractivity contribution in [2.24, 2.45) is 0 Å². The van der Waals surface area contributed by atoms with Gasteiger partial charge >= 0.3 is 0 Å². The number of anilines is 1. The smallest absolute Gasteiger partial charge is 0.286 e. The van der Waals surface area contributed by atoms with Crippen molar-refractivity contribution in [2.45, 2.75) is 18.8 Å². The summed E-state index contributed by atoms with van der Waals surface area (Å²) >= 11 is 1.13. The molecule has 25 heavy (non-hydrogen) atoms. The molecule has 1 amide bonds. The van der Waals surface area contributed by atoms with Gasteiger partial charge in [0.1, 0.15) is 10.8 Å². The number of hydrogen-bond acceptors (Lipinski definition) is 6. The van der Waals surface area contributed by atoms with Gasteiger partial charge in [-0.3, -0.25) is 4.79 Å². The first-order valence-corrected chi connectivity index (χ1v) is 10.3. The number of amides is 1. The minimum Gasteiger partial charge on any atom is -0.320 e. The van der Waals surface area contributed by atoms with Crippen LogP contribution in [0, 0.1) is 5.82 Å². The SMILES string of the molecule is CS(=O)(=O)N1CCC[C@@H](c2nnc(C(=O)Nc3cccc(F)c3)s2)C1. The van der Waals surface area contributed by atoms with Gasteiger partial charge in [0.25, 0.3) is 5.91 Å². The third-order valence-corrected chi connectivity index (χ3v) is 6.27. The van der Waals surface area contributed by atoms with Crippen LogP contribution in [0.5, 0.6) is 0 Å². The Morgan fingerprint density at radius 1 is 1.40 bits per heavy atom. The number of benzene rings is 1. The number of hydrogen-bond donors (Lipinski definition) is 1. The van der Waals surface area contributed by atoms with E-state index in [1.165, 1.54) is 28.8 Å². The van der Waals surface area contributed by atoms with E-state index in [0.717, 1.165) is 24.2 Å². The summed E-state index contributed by atoms with van der Waals surface area (Å²) in [6, 6.07) is 5.58. The number of rotatable bonds is 4. The van der Waals surface area contributed by atoms with Crippen LogP contribution < -0.4 is 5.32 Å². The molecule has 10 heteroatoms. The molecule has 0 spiro atoms. The van der Waals surface area contributed by atoms with E-state index in [1.54, 1.807) is 6.07 Å². The molecule has 1 aliphatic rings. The molecule has 0 radical (unpaired) electrons. The molecule has 0 unspecified atom stereocenters. The fourth-order valence-electron chi connectivity index (χ4n) is 2.69. The van der Waals surface area contributed by atoms with Crippen LogP contribution in [0.3, 0.4) is 0 Å². The summed E-state index contributed by atoms with van der Waals surface area (Å²) in [4.78, 5) is 12.2. The van der Waals surface area contributed by atoms with Gasteiger partial charge in [-0.15, -0.1) is 10.2 Å². The van der Waals surface area contributed by atoms with Crippen molar-refractivity contribution >= 4 is 33.0 Å².